The molecule has 0 saturated carbocycles. The van der Waals surface area contributed by atoms with E-state index >= 15 is 0 Å². The molecule has 0 amide bonds. The van der Waals surface area contributed by atoms with Gasteiger partial charge in [-0.05, 0) is 54.0 Å². The maximum atomic E-state index is 5.30. The Morgan fingerprint density at radius 3 is 2.50 bits per heavy atom. The highest BCUT2D eigenvalue weighted by atomic mass is 16.5. The molecule has 0 unspecified atom stereocenters. The van der Waals surface area contributed by atoms with Crippen molar-refractivity contribution in [3.8, 4) is 5.75 Å². The normalized spacial score (nSPS) is 18.4. The summed E-state index contributed by atoms with van der Waals surface area (Å²) in [5.41, 5.74) is 4.36. The Kier molecular flexibility index (Phi) is 2.79. The number of aryl methyl sites for hydroxylation is 1. The van der Waals surface area contributed by atoms with Crippen molar-refractivity contribution in [3.05, 3.63) is 35.4 Å². The summed E-state index contributed by atoms with van der Waals surface area (Å²) >= 11 is 0. The molecular formula is C15H20O. The zero-order valence-electron chi connectivity index (χ0n) is 10.6. The Balaban J connectivity index is 2.39. The van der Waals surface area contributed by atoms with Gasteiger partial charge < -0.3 is 4.74 Å². The largest absolute Gasteiger partial charge is 0.496 e. The number of ether oxygens (including phenoxy) is 1. The topological polar surface area (TPSA) is 9.23 Å². The van der Waals surface area contributed by atoms with Crippen molar-refractivity contribution < 1.29 is 4.74 Å². The second kappa shape index (κ2) is 3.97. The summed E-state index contributed by atoms with van der Waals surface area (Å²) in [6, 6.07) is 6.47. The lowest BCUT2D eigenvalue weighted by molar-refractivity contribution is 0.411. The van der Waals surface area contributed by atoms with Crippen molar-refractivity contribution in [2.45, 2.75) is 33.6 Å². The first-order valence-corrected chi connectivity index (χ1v) is 5.90. The smallest absolute Gasteiger partial charge is 0.121 e. The van der Waals surface area contributed by atoms with Gasteiger partial charge in [0.1, 0.15) is 5.75 Å². The zero-order valence-corrected chi connectivity index (χ0v) is 10.6. The average molecular weight is 216 g/mol. The molecule has 0 fully saturated rings. The Morgan fingerprint density at radius 2 is 2.00 bits per heavy atom. The SMILES string of the molecule is COc1ccc(C2=CCCC2(C)C)cc1C. The highest BCUT2D eigenvalue weighted by Gasteiger charge is 2.28. The molecule has 1 aromatic carbocycles. The van der Waals surface area contributed by atoms with Crippen LogP contribution in [0.5, 0.6) is 5.75 Å². The van der Waals surface area contributed by atoms with Crippen molar-refractivity contribution in [1.82, 2.24) is 0 Å². The van der Waals surface area contributed by atoms with Crippen LogP contribution in [-0.4, -0.2) is 7.11 Å². The van der Waals surface area contributed by atoms with Crippen molar-refractivity contribution in [1.29, 1.82) is 0 Å². The lowest BCUT2D eigenvalue weighted by atomic mass is 9.82. The number of hydrogen-bond acceptors (Lipinski definition) is 1. The van der Waals surface area contributed by atoms with Crippen LogP contribution in [0.4, 0.5) is 0 Å². The standard InChI is InChI=1S/C15H20O/c1-11-10-12(7-8-14(11)16-4)13-6-5-9-15(13,2)3/h6-8,10H,5,9H2,1-4H3. The Bertz CT molecular complexity index is 427. The minimum absolute atomic E-state index is 0.320. The molecule has 16 heavy (non-hydrogen) atoms. The molecule has 0 bridgehead atoms. The molecule has 0 heterocycles. The third kappa shape index (κ3) is 1.87. The molecule has 1 heteroatoms. The van der Waals surface area contributed by atoms with Crippen LogP contribution in [-0.2, 0) is 0 Å². The Morgan fingerprint density at radius 1 is 1.25 bits per heavy atom. The molecule has 0 saturated heterocycles. The maximum absolute atomic E-state index is 5.30. The third-order valence-corrected chi connectivity index (χ3v) is 3.55. The van der Waals surface area contributed by atoms with Gasteiger partial charge in [0.2, 0.25) is 0 Å². The quantitative estimate of drug-likeness (QED) is 0.719. The van der Waals surface area contributed by atoms with E-state index in [4.69, 9.17) is 4.74 Å². The van der Waals surface area contributed by atoms with Gasteiger partial charge in [-0.2, -0.15) is 0 Å². The van der Waals surface area contributed by atoms with E-state index in [1.165, 1.54) is 29.5 Å². The van der Waals surface area contributed by atoms with Gasteiger partial charge in [-0.3, -0.25) is 0 Å². The summed E-state index contributed by atoms with van der Waals surface area (Å²) in [5, 5.41) is 0. The van der Waals surface area contributed by atoms with Crippen molar-refractivity contribution in [3.63, 3.8) is 0 Å². The number of methoxy groups -OCH3 is 1. The predicted octanol–water partition coefficient (Wildman–Crippen LogP) is 4.21. The summed E-state index contributed by atoms with van der Waals surface area (Å²) in [6.07, 6.45) is 4.84. The lowest BCUT2D eigenvalue weighted by Crippen LogP contribution is -2.08. The first-order chi connectivity index (χ1) is 7.54. The molecule has 0 N–H and O–H groups in total. The van der Waals surface area contributed by atoms with E-state index in [0.717, 1.165) is 5.75 Å². The van der Waals surface area contributed by atoms with E-state index in [9.17, 15) is 0 Å². The van der Waals surface area contributed by atoms with Gasteiger partial charge in [0.25, 0.3) is 0 Å². The van der Waals surface area contributed by atoms with Gasteiger partial charge in [-0.25, -0.2) is 0 Å². The van der Waals surface area contributed by atoms with E-state index in [1.807, 2.05) is 0 Å². The van der Waals surface area contributed by atoms with Gasteiger partial charge in [0.15, 0.2) is 0 Å². The van der Waals surface area contributed by atoms with Gasteiger partial charge in [0, 0.05) is 0 Å². The number of rotatable bonds is 2. The molecule has 2 rings (SSSR count). The molecule has 1 aliphatic rings. The number of hydrogen-bond donors (Lipinski definition) is 0. The summed E-state index contributed by atoms with van der Waals surface area (Å²) in [5.74, 6) is 0.972. The van der Waals surface area contributed by atoms with Gasteiger partial charge >= 0.3 is 0 Å². The lowest BCUT2D eigenvalue weighted by Gasteiger charge is -2.23. The number of benzene rings is 1. The minimum Gasteiger partial charge on any atom is -0.496 e. The molecule has 86 valence electrons. The molecular weight excluding hydrogens is 196 g/mol. The molecule has 0 aromatic heterocycles. The van der Waals surface area contributed by atoms with Crippen molar-refractivity contribution >= 4 is 5.57 Å². The summed E-state index contributed by atoms with van der Waals surface area (Å²) in [7, 11) is 1.72. The fraction of sp³-hybridized carbons (Fsp3) is 0.467. The van der Waals surface area contributed by atoms with Crippen LogP contribution in [0.3, 0.4) is 0 Å². The van der Waals surface area contributed by atoms with E-state index in [0.29, 0.717) is 5.41 Å². The second-order valence-corrected chi connectivity index (χ2v) is 5.22. The fourth-order valence-corrected chi connectivity index (χ4v) is 2.54. The summed E-state index contributed by atoms with van der Waals surface area (Å²) in [4.78, 5) is 0. The Hall–Kier alpha value is -1.24. The van der Waals surface area contributed by atoms with Gasteiger partial charge in [0.05, 0.1) is 7.11 Å². The van der Waals surface area contributed by atoms with Crippen molar-refractivity contribution in [2.75, 3.05) is 7.11 Å². The molecule has 1 nitrogen and oxygen atoms in total. The second-order valence-electron chi connectivity index (χ2n) is 5.22. The average Bonchev–Trinajstić information content (AvgIpc) is 2.58. The monoisotopic (exact) mass is 216 g/mol. The van der Waals surface area contributed by atoms with Gasteiger partial charge in [-0.15, -0.1) is 0 Å². The molecule has 1 aromatic rings. The molecule has 0 aliphatic heterocycles. The highest BCUT2D eigenvalue weighted by molar-refractivity contribution is 5.72. The van der Waals surface area contributed by atoms with Crippen LogP contribution in [0, 0.1) is 12.3 Å². The molecule has 0 spiro atoms. The third-order valence-electron chi connectivity index (χ3n) is 3.55. The zero-order chi connectivity index (χ0) is 11.8. The van der Waals surface area contributed by atoms with Crippen molar-refractivity contribution in [2.24, 2.45) is 5.41 Å². The van der Waals surface area contributed by atoms with E-state index < -0.39 is 0 Å². The maximum Gasteiger partial charge on any atom is 0.121 e. The van der Waals surface area contributed by atoms with Crippen LogP contribution in [0.1, 0.15) is 37.8 Å². The molecule has 1 aliphatic carbocycles. The van der Waals surface area contributed by atoms with E-state index in [1.54, 1.807) is 7.11 Å². The van der Waals surface area contributed by atoms with Crippen LogP contribution >= 0.6 is 0 Å². The van der Waals surface area contributed by atoms with E-state index in [-0.39, 0.29) is 0 Å². The predicted molar refractivity (Wildman–Crippen MR) is 68.7 cm³/mol. The minimum atomic E-state index is 0.320. The first-order valence-electron chi connectivity index (χ1n) is 5.90. The fourth-order valence-electron chi connectivity index (χ4n) is 2.54. The molecule has 0 radical (unpaired) electrons. The molecule has 0 atom stereocenters. The first kappa shape index (κ1) is 11.3. The summed E-state index contributed by atoms with van der Waals surface area (Å²) in [6.45, 7) is 6.75. The Labute approximate surface area is 98.1 Å². The highest BCUT2D eigenvalue weighted by Crippen LogP contribution is 2.44. The summed E-state index contributed by atoms with van der Waals surface area (Å²) < 4.78 is 5.30. The number of allylic oxidation sites excluding steroid dienone is 2. The van der Waals surface area contributed by atoms with Crippen LogP contribution in [0.25, 0.3) is 5.57 Å². The van der Waals surface area contributed by atoms with Crippen LogP contribution in [0.15, 0.2) is 24.3 Å². The van der Waals surface area contributed by atoms with E-state index in [2.05, 4.69) is 45.0 Å². The van der Waals surface area contributed by atoms with Crippen LogP contribution < -0.4 is 4.74 Å². The van der Waals surface area contributed by atoms with Gasteiger partial charge in [-0.1, -0.05) is 26.0 Å². The van der Waals surface area contributed by atoms with Crippen LogP contribution in [0.2, 0.25) is 0 Å².